The summed E-state index contributed by atoms with van der Waals surface area (Å²) in [4.78, 5) is 26.2. The zero-order chi connectivity index (χ0) is 29.3. The summed E-state index contributed by atoms with van der Waals surface area (Å²) in [5.74, 6) is -2.47. The number of H-pyrrole nitrogens is 1. The lowest BCUT2D eigenvalue weighted by molar-refractivity contribution is 0.102. The second-order valence-corrected chi connectivity index (χ2v) is 12.4. The fourth-order valence-corrected chi connectivity index (χ4v) is 7.34. The van der Waals surface area contributed by atoms with Gasteiger partial charge in [0.1, 0.15) is 11.5 Å². The van der Waals surface area contributed by atoms with Crippen molar-refractivity contribution < 1.29 is 18.0 Å². The lowest BCUT2D eigenvalue weighted by atomic mass is 9.93. The molecule has 5 rings (SSSR count). The first-order valence-corrected chi connectivity index (χ1v) is 14.7. The summed E-state index contributed by atoms with van der Waals surface area (Å²) < 4.78 is 40.6. The first kappa shape index (κ1) is 29.2. The molecule has 1 aliphatic rings. The molecule has 2 N–H and O–H groups in total. The van der Waals surface area contributed by atoms with Crippen LogP contribution in [0.5, 0.6) is 0 Å². The number of thioether (sulfide) groups is 1. The van der Waals surface area contributed by atoms with Crippen LogP contribution in [0.1, 0.15) is 55.7 Å². The SMILES string of the molecule is CC(CC1CC(C)C(C)C1Sc1cc(C(=O)Nc2cc(F)c(F)c(F)c2)ccc1Cl)c1nc(-c2ccccn2)c[nH]1. The zero-order valence-corrected chi connectivity index (χ0v) is 24.4. The van der Waals surface area contributed by atoms with E-state index < -0.39 is 23.4 Å². The van der Waals surface area contributed by atoms with Crippen molar-refractivity contribution in [2.45, 2.75) is 49.7 Å². The van der Waals surface area contributed by atoms with Gasteiger partial charge in [-0.3, -0.25) is 9.78 Å². The van der Waals surface area contributed by atoms with Crippen LogP contribution in [-0.4, -0.2) is 26.1 Å². The van der Waals surface area contributed by atoms with E-state index in [1.807, 2.05) is 24.4 Å². The summed E-state index contributed by atoms with van der Waals surface area (Å²) in [6, 6.07) is 12.1. The molecule has 0 radical (unpaired) electrons. The van der Waals surface area contributed by atoms with Gasteiger partial charge >= 0.3 is 0 Å². The molecule has 2 aromatic heterocycles. The number of hydrogen-bond acceptors (Lipinski definition) is 4. The molecule has 1 amide bonds. The van der Waals surface area contributed by atoms with Crippen molar-refractivity contribution in [2.24, 2.45) is 17.8 Å². The number of rotatable bonds is 8. The largest absolute Gasteiger partial charge is 0.348 e. The van der Waals surface area contributed by atoms with Gasteiger partial charge in [-0.2, -0.15) is 0 Å². The van der Waals surface area contributed by atoms with Crippen LogP contribution in [0.25, 0.3) is 11.4 Å². The first-order chi connectivity index (χ1) is 19.6. The number of aromatic amines is 1. The first-order valence-electron chi connectivity index (χ1n) is 13.5. The molecule has 214 valence electrons. The van der Waals surface area contributed by atoms with Crippen molar-refractivity contribution in [3.63, 3.8) is 0 Å². The molecule has 0 saturated heterocycles. The molecule has 4 aromatic rings. The average molecular weight is 599 g/mol. The van der Waals surface area contributed by atoms with Crippen LogP contribution >= 0.6 is 23.4 Å². The molecule has 41 heavy (non-hydrogen) atoms. The third-order valence-electron chi connectivity index (χ3n) is 7.90. The molecule has 2 aromatic carbocycles. The van der Waals surface area contributed by atoms with Gasteiger partial charge in [0.05, 0.1) is 10.7 Å². The molecule has 1 saturated carbocycles. The van der Waals surface area contributed by atoms with Crippen molar-refractivity contribution >= 4 is 35.0 Å². The minimum Gasteiger partial charge on any atom is -0.348 e. The summed E-state index contributed by atoms with van der Waals surface area (Å²) in [5.41, 5.74) is 1.75. The summed E-state index contributed by atoms with van der Waals surface area (Å²) >= 11 is 8.24. The maximum Gasteiger partial charge on any atom is 0.255 e. The number of anilines is 1. The van der Waals surface area contributed by atoms with E-state index >= 15 is 0 Å². The number of amides is 1. The van der Waals surface area contributed by atoms with E-state index in [1.54, 1.807) is 36.2 Å². The number of carbonyl (C=O) groups is 1. The normalized spacial score (nSPS) is 21.1. The van der Waals surface area contributed by atoms with Crippen molar-refractivity contribution in [1.29, 1.82) is 0 Å². The topological polar surface area (TPSA) is 70.7 Å². The quantitative estimate of drug-likeness (QED) is 0.199. The number of benzene rings is 2. The molecular formula is C31H30ClF3N4OS. The summed E-state index contributed by atoms with van der Waals surface area (Å²) in [6.07, 6.45) is 5.64. The van der Waals surface area contributed by atoms with Gasteiger partial charge in [0.2, 0.25) is 0 Å². The minimum atomic E-state index is -1.59. The fraction of sp³-hybridized carbons (Fsp3) is 0.323. The number of pyridine rings is 1. The van der Waals surface area contributed by atoms with Gasteiger partial charge in [0, 0.05) is 51.8 Å². The van der Waals surface area contributed by atoms with Gasteiger partial charge in [-0.25, -0.2) is 18.2 Å². The Kier molecular flexibility index (Phi) is 8.75. The van der Waals surface area contributed by atoms with Gasteiger partial charge in [-0.05, 0) is 60.9 Å². The molecule has 0 spiro atoms. The molecule has 0 aliphatic heterocycles. The second-order valence-electron chi connectivity index (χ2n) is 10.8. The predicted molar refractivity (Wildman–Crippen MR) is 157 cm³/mol. The van der Waals surface area contributed by atoms with Crippen molar-refractivity contribution in [1.82, 2.24) is 15.0 Å². The lowest BCUT2D eigenvalue weighted by Crippen LogP contribution is -2.19. The van der Waals surface area contributed by atoms with Crippen LogP contribution in [0.4, 0.5) is 18.9 Å². The molecule has 5 atom stereocenters. The standard InChI is InChI=1S/C31H30ClF3N4OS/c1-16-10-20(11-17(2)30-37-15-26(39-30)25-6-4-5-9-36-25)29(18(16)3)41-27-12-19(7-8-22(27)32)31(40)38-21-13-23(33)28(35)24(34)14-21/h4-9,12-18,20,29H,10-11H2,1-3H3,(H,37,39)(H,38,40). The Morgan fingerprint density at radius 1 is 1.12 bits per heavy atom. The fourth-order valence-electron chi connectivity index (χ4n) is 5.53. The average Bonchev–Trinajstić information content (AvgIpc) is 3.54. The van der Waals surface area contributed by atoms with Crippen LogP contribution in [0.15, 0.2) is 65.8 Å². The molecule has 1 fully saturated rings. The van der Waals surface area contributed by atoms with Crippen LogP contribution in [-0.2, 0) is 0 Å². The van der Waals surface area contributed by atoms with Crippen LogP contribution in [0.3, 0.4) is 0 Å². The number of imidazole rings is 1. The molecule has 10 heteroatoms. The Balaban J connectivity index is 1.31. The Hall–Kier alpha value is -3.30. The monoisotopic (exact) mass is 598 g/mol. The predicted octanol–water partition coefficient (Wildman–Crippen LogP) is 8.74. The second kappa shape index (κ2) is 12.3. The van der Waals surface area contributed by atoms with E-state index in [0.717, 1.165) is 47.1 Å². The van der Waals surface area contributed by atoms with Gasteiger partial charge in [-0.15, -0.1) is 11.8 Å². The minimum absolute atomic E-state index is 0.174. The van der Waals surface area contributed by atoms with Crippen LogP contribution in [0.2, 0.25) is 5.02 Å². The number of nitrogens with one attached hydrogen (secondary N) is 2. The van der Waals surface area contributed by atoms with E-state index in [-0.39, 0.29) is 22.4 Å². The molecular weight excluding hydrogens is 569 g/mol. The van der Waals surface area contributed by atoms with E-state index in [2.05, 4.69) is 36.1 Å². The Bertz CT molecular complexity index is 1530. The number of aromatic nitrogens is 3. The molecule has 5 unspecified atom stereocenters. The Morgan fingerprint density at radius 3 is 2.59 bits per heavy atom. The highest BCUT2D eigenvalue weighted by Gasteiger charge is 2.40. The maximum absolute atomic E-state index is 13.6. The summed E-state index contributed by atoms with van der Waals surface area (Å²) in [6.45, 7) is 6.69. The molecule has 5 nitrogen and oxygen atoms in total. The number of halogens is 4. The Morgan fingerprint density at radius 2 is 1.88 bits per heavy atom. The smallest absolute Gasteiger partial charge is 0.255 e. The van der Waals surface area contributed by atoms with Crippen molar-refractivity contribution in [2.75, 3.05) is 5.32 Å². The number of nitrogens with zero attached hydrogens (tertiary/aromatic N) is 2. The lowest BCUT2D eigenvalue weighted by Gasteiger charge is -2.25. The van der Waals surface area contributed by atoms with Crippen molar-refractivity contribution in [3.8, 4) is 11.4 Å². The van der Waals surface area contributed by atoms with E-state index in [4.69, 9.17) is 16.6 Å². The molecule has 2 heterocycles. The highest BCUT2D eigenvalue weighted by Crippen LogP contribution is 2.50. The maximum atomic E-state index is 13.6. The van der Waals surface area contributed by atoms with Gasteiger partial charge < -0.3 is 10.3 Å². The Labute approximate surface area is 246 Å². The summed E-state index contributed by atoms with van der Waals surface area (Å²) in [5, 5.41) is 3.22. The third kappa shape index (κ3) is 6.46. The number of carbonyl (C=O) groups excluding carboxylic acids is 1. The van der Waals surface area contributed by atoms with Gasteiger partial charge in [-0.1, -0.05) is 38.4 Å². The summed E-state index contributed by atoms with van der Waals surface area (Å²) in [7, 11) is 0. The molecule has 1 aliphatic carbocycles. The zero-order valence-electron chi connectivity index (χ0n) is 22.8. The van der Waals surface area contributed by atoms with Crippen molar-refractivity contribution in [3.05, 3.63) is 94.8 Å². The third-order valence-corrected chi connectivity index (χ3v) is 10.0. The number of hydrogen-bond donors (Lipinski definition) is 2. The highest BCUT2D eigenvalue weighted by atomic mass is 35.5. The van der Waals surface area contributed by atoms with Gasteiger partial charge in [0.15, 0.2) is 17.5 Å². The highest BCUT2D eigenvalue weighted by molar-refractivity contribution is 8.00. The molecule has 0 bridgehead atoms. The van der Waals surface area contributed by atoms with Gasteiger partial charge in [0.25, 0.3) is 5.91 Å². The van der Waals surface area contributed by atoms with E-state index in [0.29, 0.717) is 22.8 Å². The van der Waals surface area contributed by atoms with E-state index in [1.165, 1.54) is 0 Å². The van der Waals surface area contributed by atoms with E-state index in [9.17, 15) is 18.0 Å². The van der Waals surface area contributed by atoms with Crippen LogP contribution < -0.4 is 5.32 Å². The van der Waals surface area contributed by atoms with Crippen LogP contribution in [0, 0.1) is 35.2 Å².